The summed E-state index contributed by atoms with van der Waals surface area (Å²) in [6, 6.07) is 98.5. The maximum absolute atomic E-state index is 7.01. The first kappa shape index (κ1) is 51.5. The van der Waals surface area contributed by atoms with Gasteiger partial charge >= 0.3 is 0 Å². The highest BCUT2D eigenvalue weighted by atomic mass is 16.5. The number of para-hydroxylation sites is 6. The van der Waals surface area contributed by atoms with Crippen molar-refractivity contribution in [2.75, 3.05) is 24.5 Å². The van der Waals surface area contributed by atoms with Crippen LogP contribution in [0, 0.1) is 27.7 Å². The molecule has 0 aromatic heterocycles. The molecule has 13 aromatic carbocycles. The van der Waals surface area contributed by atoms with Gasteiger partial charge in [-0.05, 0) is 220 Å². The van der Waals surface area contributed by atoms with Crippen LogP contribution in [0.2, 0.25) is 0 Å². The average Bonchev–Trinajstić information content (AvgIpc) is 0.668. The molecule has 8 aliphatic rings. The van der Waals surface area contributed by atoms with Crippen molar-refractivity contribution in [2.45, 2.75) is 27.7 Å². The van der Waals surface area contributed by atoms with Gasteiger partial charge in [-0.25, -0.2) is 0 Å². The standard InChI is InChI=1S/C82H55B4N5O2/c1-48-33-35-64-58(37-48)85-62-43-60-66(87(52-21-9-5-10-22-52)70-39-50(3)41-76-78(70)83(60)56-29-17-19-31-74(56)92-76)45-68(62)89(54-25-13-7-14-26-54)72-47-73-81-82(80(72)85)91(64)65-36-34-49(2)38-59(65)86(81)63-44-61-67(46-69(63)90(73)55-27-15-8-16-28-55)88(53-23-11-6-12-24-53)71-40-51(4)42-77-79(71)84(61)57-30-18-20-32-75(57)93-77/h5-47H,1-4H3. The van der Waals surface area contributed by atoms with E-state index >= 15 is 0 Å². The van der Waals surface area contributed by atoms with Crippen LogP contribution in [0.15, 0.2) is 261 Å². The number of rotatable bonds is 4. The third kappa shape index (κ3) is 6.93. The molecular weight excluding hydrogens is 1130 g/mol. The predicted octanol–water partition coefficient (Wildman–Crippen LogP) is 12.4. The first-order valence-corrected chi connectivity index (χ1v) is 32.6. The van der Waals surface area contributed by atoms with Crippen molar-refractivity contribution in [1.29, 1.82) is 0 Å². The molecule has 0 amide bonds. The van der Waals surface area contributed by atoms with Gasteiger partial charge in [0.15, 0.2) is 0 Å². The van der Waals surface area contributed by atoms with E-state index in [0.29, 0.717) is 0 Å². The fourth-order valence-electron chi connectivity index (χ4n) is 17.7. The molecular formula is C82H55B4N5O2. The molecule has 11 heteroatoms. The first-order chi connectivity index (χ1) is 45.8. The molecule has 8 heterocycles. The summed E-state index contributed by atoms with van der Waals surface area (Å²) in [6.45, 7) is 8.41. The van der Waals surface area contributed by atoms with E-state index in [-0.39, 0.29) is 26.9 Å². The van der Waals surface area contributed by atoms with Gasteiger partial charge in [0, 0.05) is 85.3 Å². The van der Waals surface area contributed by atoms with Crippen molar-refractivity contribution in [3.63, 3.8) is 0 Å². The van der Waals surface area contributed by atoms with E-state index in [1.165, 1.54) is 105 Å². The number of benzene rings is 13. The zero-order chi connectivity index (χ0) is 61.2. The molecule has 0 radical (unpaired) electrons. The lowest BCUT2D eigenvalue weighted by molar-refractivity contribution is 0.487. The van der Waals surface area contributed by atoms with Crippen LogP contribution < -0.4 is 99.5 Å². The van der Waals surface area contributed by atoms with Crippen LogP contribution in [0.25, 0.3) is 0 Å². The normalized spacial score (nSPS) is 14.4. The highest BCUT2D eigenvalue weighted by Crippen LogP contribution is 2.53. The monoisotopic (exact) mass is 1190 g/mol. The zero-order valence-corrected chi connectivity index (χ0v) is 51.7. The highest BCUT2D eigenvalue weighted by molar-refractivity contribution is 7.06. The van der Waals surface area contributed by atoms with E-state index in [9.17, 15) is 0 Å². The van der Waals surface area contributed by atoms with Gasteiger partial charge in [-0.2, -0.15) is 0 Å². The largest absolute Gasteiger partial charge is 0.458 e. The minimum absolute atomic E-state index is 0.0970. The Labute approximate surface area is 542 Å². The van der Waals surface area contributed by atoms with E-state index < -0.39 is 0 Å². The smallest absolute Gasteiger partial charge is 0.256 e. The molecule has 0 aliphatic carbocycles. The number of hydrogen-bond donors (Lipinski definition) is 0. The van der Waals surface area contributed by atoms with E-state index in [2.05, 4.69) is 313 Å². The molecule has 13 aromatic rings. The number of ether oxygens (including phenoxy) is 2. The maximum Gasteiger partial charge on any atom is 0.256 e. The third-order valence-electron chi connectivity index (χ3n) is 21.2. The molecule has 0 atom stereocenters. The second-order valence-electron chi connectivity index (χ2n) is 26.6. The summed E-state index contributed by atoms with van der Waals surface area (Å²) in [5, 5.41) is 0. The number of hydrogen-bond acceptors (Lipinski definition) is 7. The summed E-state index contributed by atoms with van der Waals surface area (Å²) >= 11 is 0. The van der Waals surface area contributed by atoms with Crippen LogP contribution in [-0.2, 0) is 0 Å². The van der Waals surface area contributed by atoms with E-state index in [0.717, 1.165) is 91.0 Å². The van der Waals surface area contributed by atoms with Crippen LogP contribution in [0.1, 0.15) is 22.3 Å². The summed E-state index contributed by atoms with van der Waals surface area (Å²) in [5.41, 5.74) is 37.2. The van der Waals surface area contributed by atoms with Crippen molar-refractivity contribution in [3.8, 4) is 23.0 Å². The van der Waals surface area contributed by atoms with Crippen LogP contribution in [0.5, 0.6) is 23.0 Å². The quantitative estimate of drug-likeness (QED) is 0.162. The fraction of sp³-hybridized carbons (Fsp3) is 0.0488. The van der Waals surface area contributed by atoms with Gasteiger partial charge in [-0.15, -0.1) is 0 Å². The molecule has 0 unspecified atom stereocenters. The average molecular weight is 1190 g/mol. The third-order valence-corrected chi connectivity index (χ3v) is 21.2. The molecule has 0 fully saturated rings. The number of aryl methyl sites for hydroxylation is 4. The fourth-order valence-corrected chi connectivity index (χ4v) is 17.7. The minimum atomic E-state index is -0.162. The van der Waals surface area contributed by atoms with Gasteiger partial charge in [-0.1, -0.05) is 157 Å². The van der Waals surface area contributed by atoms with Gasteiger partial charge in [0.1, 0.15) is 23.0 Å². The predicted molar refractivity (Wildman–Crippen MR) is 390 cm³/mol. The Kier molecular flexibility index (Phi) is 10.3. The molecule has 0 spiro atoms. The molecule has 0 N–H and O–H groups in total. The van der Waals surface area contributed by atoms with E-state index in [4.69, 9.17) is 9.47 Å². The summed E-state index contributed by atoms with van der Waals surface area (Å²) in [4.78, 5) is 13.0. The Bertz CT molecular complexity index is 5140. The topological polar surface area (TPSA) is 34.7 Å². The van der Waals surface area contributed by atoms with E-state index in [1.807, 2.05) is 0 Å². The second kappa shape index (κ2) is 18.7. The summed E-state index contributed by atoms with van der Waals surface area (Å²) in [5.74, 6) is 3.64. The Morgan fingerprint density at radius 3 is 0.903 bits per heavy atom. The molecule has 0 saturated carbocycles. The van der Waals surface area contributed by atoms with Gasteiger partial charge in [-0.3, -0.25) is 0 Å². The lowest BCUT2D eigenvalue weighted by Crippen LogP contribution is -2.70. The molecule has 93 heavy (non-hydrogen) atoms. The Morgan fingerprint density at radius 2 is 0.527 bits per heavy atom. The Hall–Kier alpha value is -11.3. The lowest BCUT2D eigenvalue weighted by Gasteiger charge is -2.52. The molecule has 8 aliphatic heterocycles. The Morgan fingerprint density at radius 1 is 0.215 bits per heavy atom. The minimum Gasteiger partial charge on any atom is -0.458 e. The van der Waals surface area contributed by atoms with Crippen molar-refractivity contribution >= 4 is 178 Å². The van der Waals surface area contributed by atoms with Crippen LogP contribution in [0.4, 0.5) is 85.3 Å². The highest BCUT2D eigenvalue weighted by Gasteiger charge is 2.54. The maximum atomic E-state index is 7.01. The van der Waals surface area contributed by atoms with Crippen molar-refractivity contribution < 1.29 is 9.47 Å². The number of fused-ring (bicyclic) bond motifs is 18. The summed E-state index contributed by atoms with van der Waals surface area (Å²) in [7, 11) is 0. The van der Waals surface area contributed by atoms with Crippen molar-refractivity contribution in [2.24, 2.45) is 0 Å². The molecule has 21 rings (SSSR count). The van der Waals surface area contributed by atoms with Crippen molar-refractivity contribution in [1.82, 2.24) is 0 Å². The first-order valence-electron chi connectivity index (χ1n) is 32.6. The van der Waals surface area contributed by atoms with Crippen LogP contribution in [0.3, 0.4) is 0 Å². The van der Waals surface area contributed by atoms with Gasteiger partial charge in [0.2, 0.25) is 0 Å². The van der Waals surface area contributed by atoms with Gasteiger partial charge in [0.25, 0.3) is 26.9 Å². The van der Waals surface area contributed by atoms with Gasteiger partial charge in [0.05, 0.1) is 0 Å². The molecule has 432 valence electrons. The second-order valence-corrected chi connectivity index (χ2v) is 26.6. The zero-order valence-electron chi connectivity index (χ0n) is 51.7. The number of nitrogens with zero attached hydrogens (tertiary/aromatic N) is 5. The summed E-state index contributed by atoms with van der Waals surface area (Å²) < 4.78 is 14.0. The van der Waals surface area contributed by atoms with E-state index in [1.54, 1.807) is 0 Å². The Balaban J connectivity index is 0.901. The number of anilines is 15. The summed E-state index contributed by atoms with van der Waals surface area (Å²) in [6.07, 6.45) is 0. The van der Waals surface area contributed by atoms with Gasteiger partial charge < -0.3 is 34.0 Å². The molecule has 7 nitrogen and oxygen atoms in total. The lowest BCUT2D eigenvalue weighted by atomic mass is 9.27. The van der Waals surface area contributed by atoms with Crippen LogP contribution in [-0.4, -0.2) is 26.9 Å². The SMILES string of the molecule is Cc1ccc2c(c1)B1c3cc4c(cc3N(c3ccccc3)c3cc5c6c(c31)N2c1ccc(C)cc1B6c1cc2c(cc1N5c1ccccc1)N(c1ccccc1)c1cc(C)cc3c1B2c1ccccc1O3)N(c1ccccc1)c1cc(C)cc2c1B4c1ccccc1O2. The molecule has 0 bridgehead atoms. The van der Waals surface area contributed by atoms with Crippen LogP contribution >= 0.6 is 0 Å². The molecule has 0 saturated heterocycles. The van der Waals surface area contributed by atoms with Crippen molar-refractivity contribution in [3.05, 3.63) is 283 Å².